The first-order chi connectivity index (χ1) is 11.1. The first-order valence-electron chi connectivity index (χ1n) is 7.08. The van der Waals surface area contributed by atoms with Crippen LogP contribution in [-0.4, -0.2) is 38.1 Å². The van der Waals surface area contributed by atoms with Crippen molar-refractivity contribution in [2.45, 2.75) is 12.8 Å². The molecule has 0 N–H and O–H groups in total. The van der Waals surface area contributed by atoms with Crippen molar-refractivity contribution in [3.63, 3.8) is 0 Å². The predicted molar refractivity (Wildman–Crippen MR) is 85.6 cm³/mol. The molecule has 0 radical (unpaired) electrons. The van der Waals surface area contributed by atoms with E-state index in [1.165, 1.54) is 11.0 Å². The maximum atomic E-state index is 12.2. The highest BCUT2D eigenvalue weighted by atomic mass is 16.5. The van der Waals surface area contributed by atoms with Crippen molar-refractivity contribution in [2.24, 2.45) is 0 Å². The zero-order valence-electron chi connectivity index (χ0n) is 13.3. The highest BCUT2D eigenvalue weighted by Gasteiger charge is 2.10. The Balaban J connectivity index is 2.86. The Morgan fingerprint density at radius 3 is 2.04 bits per heavy atom. The van der Waals surface area contributed by atoms with Crippen molar-refractivity contribution in [3.05, 3.63) is 29.8 Å². The van der Waals surface area contributed by atoms with Crippen molar-refractivity contribution >= 4 is 12.0 Å². The second-order valence-electron chi connectivity index (χ2n) is 4.62. The number of carbonyl (C=O) groups excluding carboxylic acids is 1. The summed E-state index contributed by atoms with van der Waals surface area (Å²) in [6.07, 6.45) is 3.54. The summed E-state index contributed by atoms with van der Waals surface area (Å²) in [6, 6.07) is 9.30. The molecule has 23 heavy (non-hydrogen) atoms. The highest BCUT2D eigenvalue weighted by Crippen LogP contribution is 2.23. The minimum Gasteiger partial charge on any atom is -0.497 e. The monoisotopic (exact) mass is 313 g/mol. The van der Waals surface area contributed by atoms with Crippen LogP contribution in [0, 0.1) is 22.7 Å². The number of amides is 1. The van der Waals surface area contributed by atoms with E-state index in [9.17, 15) is 4.79 Å². The number of methoxy groups -OCH3 is 2. The molecule has 1 rings (SSSR count). The summed E-state index contributed by atoms with van der Waals surface area (Å²) < 4.78 is 10.4. The fourth-order valence-electron chi connectivity index (χ4n) is 1.90. The maximum Gasteiger partial charge on any atom is 0.246 e. The molecule has 0 fully saturated rings. The lowest BCUT2D eigenvalue weighted by Gasteiger charge is -2.18. The standard InChI is InChI=1S/C17H19N3O3/c1-22-15-11-14(12-16(13-15)23-2)5-6-17(21)20(9-3-7-18)10-4-8-19/h5-6,11-13H,3-4,9-10H2,1-2H3/b6-5+. The Morgan fingerprint density at radius 2 is 1.61 bits per heavy atom. The van der Waals surface area contributed by atoms with Gasteiger partial charge < -0.3 is 14.4 Å². The zero-order valence-corrected chi connectivity index (χ0v) is 13.3. The van der Waals surface area contributed by atoms with Crippen LogP contribution in [0.25, 0.3) is 6.08 Å². The van der Waals surface area contributed by atoms with Crippen LogP contribution in [0.1, 0.15) is 18.4 Å². The molecule has 0 unspecified atom stereocenters. The minimum atomic E-state index is -0.239. The average molecular weight is 313 g/mol. The van der Waals surface area contributed by atoms with Gasteiger partial charge in [0, 0.05) is 25.2 Å². The summed E-state index contributed by atoms with van der Waals surface area (Å²) in [7, 11) is 3.11. The van der Waals surface area contributed by atoms with Gasteiger partial charge in [-0.1, -0.05) is 0 Å². The Labute approximate surface area is 136 Å². The maximum absolute atomic E-state index is 12.2. The molecule has 0 bridgehead atoms. The van der Waals surface area contributed by atoms with Crippen LogP contribution < -0.4 is 9.47 Å². The molecule has 0 atom stereocenters. The predicted octanol–water partition coefficient (Wildman–Crippen LogP) is 2.37. The van der Waals surface area contributed by atoms with Crippen molar-refractivity contribution in [3.8, 4) is 23.6 Å². The molecule has 6 nitrogen and oxygen atoms in total. The smallest absolute Gasteiger partial charge is 0.246 e. The molecule has 0 heterocycles. The Hall–Kier alpha value is -2.99. The Kier molecular flexibility index (Phi) is 7.74. The van der Waals surface area contributed by atoms with E-state index in [4.69, 9.17) is 20.0 Å². The summed E-state index contributed by atoms with van der Waals surface area (Å²) in [5.41, 5.74) is 0.759. The molecule has 0 saturated carbocycles. The Morgan fingerprint density at radius 1 is 1.09 bits per heavy atom. The van der Waals surface area contributed by atoms with Crippen LogP contribution in [0.15, 0.2) is 24.3 Å². The molecular formula is C17H19N3O3. The van der Waals surface area contributed by atoms with E-state index in [0.717, 1.165) is 5.56 Å². The molecule has 0 aliphatic rings. The highest BCUT2D eigenvalue weighted by molar-refractivity contribution is 5.91. The van der Waals surface area contributed by atoms with Crippen LogP contribution in [-0.2, 0) is 4.79 Å². The van der Waals surface area contributed by atoms with Gasteiger partial charge in [-0.2, -0.15) is 10.5 Å². The van der Waals surface area contributed by atoms with E-state index in [1.807, 2.05) is 12.1 Å². The molecule has 0 aliphatic heterocycles. The third kappa shape index (κ3) is 6.11. The quantitative estimate of drug-likeness (QED) is 0.688. The number of carbonyl (C=O) groups is 1. The molecular weight excluding hydrogens is 294 g/mol. The van der Waals surface area contributed by atoms with Crippen molar-refractivity contribution < 1.29 is 14.3 Å². The van der Waals surface area contributed by atoms with Gasteiger partial charge in [0.2, 0.25) is 5.91 Å². The Bertz CT molecular complexity index is 601. The van der Waals surface area contributed by atoms with Crippen molar-refractivity contribution in [2.75, 3.05) is 27.3 Å². The van der Waals surface area contributed by atoms with Crippen LogP contribution in [0.3, 0.4) is 0 Å². The van der Waals surface area contributed by atoms with Gasteiger partial charge >= 0.3 is 0 Å². The molecule has 120 valence electrons. The second kappa shape index (κ2) is 9.86. The topological polar surface area (TPSA) is 86.4 Å². The number of hydrogen-bond donors (Lipinski definition) is 0. The van der Waals surface area contributed by atoms with E-state index < -0.39 is 0 Å². The first-order valence-corrected chi connectivity index (χ1v) is 7.08. The lowest BCUT2D eigenvalue weighted by molar-refractivity contribution is -0.125. The van der Waals surface area contributed by atoms with Crippen LogP contribution in [0.2, 0.25) is 0 Å². The van der Waals surface area contributed by atoms with Gasteiger partial charge in [0.15, 0.2) is 0 Å². The molecule has 1 amide bonds. The van der Waals surface area contributed by atoms with Gasteiger partial charge in [0.1, 0.15) is 11.5 Å². The number of nitrogens with zero attached hydrogens (tertiary/aromatic N) is 3. The number of hydrogen-bond acceptors (Lipinski definition) is 5. The van der Waals surface area contributed by atoms with Gasteiger partial charge in [0.25, 0.3) is 0 Å². The van der Waals surface area contributed by atoms with Gasteiger partial charge in [-0.25, -0.2) is 0 Å². The van der Waals surface area contributed by atoms with E-state index in [-0.39, 0.29) is 18.7 Å². The number of benzene rings is 1. The summed E-state index contributed by atoms with van der Waals surface area (Å²) in [6.45, 7) is 0.617. The van der Waals surface area contributed by atoms with Gasteiger partial charge in [-0.3, -0.25) is 4.79 Å². The second-order valence-corrected chi connectivity index (χ2v) is 4.62. The van der Waals surface area contributed by atoms with Crippen LogP contribution in [0.4, 0.5) is 0 Å². The molecule has 1 aromatic carbocycles. The third-order valence-corrected chi connectivity index (χ3v) is 3.09. The van der Waals surface area contributed by atoms with E-state index in [1.54, 1.807) is 38.5 Å². The lowest BCUT2D eigenvalue weighted by atomic mass is 10.2. The third-order valence-electron chi connectivity index (χ3n) is 3.09. The van der Waals surface area contributed by atoms with Crippen LogP contribution >= 0.6 is 0 Å². The van der Waals surface area contributed by atoms with Gasteiger partial charge in [-0.05, 0) is 23.8 Å². The van der Waals surface area contributed by atoms with Crippen molar-refractivity contribution in [1.29, 1.82) is 10.5 Å². The molecule has 0 saturated heterocycles. The summed E-state index contributed by atoms with van der Waals surface area (Å²) in [4.78, 5) is 13.7. The number of nitriles is 2. The summed E-state index contributed by atoms with van der Waals surface area (Å²) in [5.74, 6) is 1.02. The SMILES string of the molecule is COc1cc(/C=C/C(=O)N(CCC#N)CCC#N)cc(OC)c1. The number of rotatable bonds is 8. The van der Waals surface area contributed by atoms with Gasteiger partial charge in [0.05, 0.1) is 39.2 Å². The van der Waals surface area contributed by atoms with E-state index >= 15 is 0 Å². The minimum absolute atomic E-state index is 0.234. The normalized spacial score (nSPS) is 9.91. The molecule has 0 aliphatic carbocycles. The molecule has 6 heteroatoms. The molecule has 0 spiro atoms. The largest absolute Gasteiger partial charge is 0.497 e. The zero-order chi connectivity index (χ0) is 17.1. The molecule has 1 aromatic rings. The lowest BCUT2D eigenvalue weighted by Crippen LogP contribution is -2.31. The summed E-state index contributed by atoms with van der Waals surface area (Å²) in [5, 5.41) is 17.3. The molecule has 0 aromatic heterocycles. The fourth-order valence-corrected chi connectivity index (χ4v) is 1.90. The average Bonchev–Trinajstić information content (AvgIpc) is 2.59. The summed E-state index contributed by atoms with van der Waals surface area (Å²) >= 11 is 0. The van der Waals surface area contributed by atoms with E-state index in [2.05, 4.69) is 0 Å². The van der Waals surface area contributed by atoms with Crippen LogP contribution in [0.5, 0.6) is 11.5 Å². The number of ether oxygens (including phenoxy) is 2. The van der Waals surface area contributed by atoms with Crippen molar-refractivity contribution in [1.82, 2.24) is 4.90 Å². The van der Waals surface area contributed by atoms with Gasteiger partial charge in [-0.15, -0.1) is 0 Å². The fraction of sp³-hybridized carbons (Fsp3) is 0.353. The first kappa shape index (κ1) is 18.1. The van der Waals surface area contributed by atoms with E-state index in [0.29, 0.717) is 24.6 Å².